The molecular formula is C21H33N5O4S2. The number of hydrogen-bond acceptors (Lipinski definition) is 6. The van der Waals surface area contributed by atoms with Crippen molar-refractivity contribution in [2.45, 2.75) is 61.7 Å². The third kappa shape index (κ3) is 6.50. The lowest BCUT2D eigenvalue weighted by Gasteiger charge is -2.44. The van der Waals surface area contributed by atoms with Crippen molar-refractivity contribution in [3.05, 3.63) is 6.20 Å². The predicted molar refractivity (Wildman–Crippen MR) is 126 cm³/mol. The number of nitrogens with one attached hydrogen (secondary N) is 1. The Kier molecular flexibility index (Phi) is 8.64. The van der Waals surface area contributed by atoms with E-state index in [4.69, 9.17) is 5.11 Å². The molecular weight excluding hydrogens is 450 g/mol. The van der Waals surface area contributed by atoms with Crippen LogP contribution in [0.1, 0.15) is 45.4 Å². The van der Waals surface area contributed by atoms with E-state index < -0.39 is 5.97 Å². The molecule has 0 atom stereocenters. The largest absolute Gasteiger partial charge is 0.481 e. The highest BCUT2D eigenvalue weighted by Crippen LogP contribution is 2.33. The number of piperidine rings is 1. The first-order valence-electron chi connectivity index (χ1n) is 11.1. The Morgan fingerprint density at radius 1 is 1.16 bits per heavy atom. The number of likely N-dealkylation sites (tertiary alicyclic amines) is 1. The number of carboxylic acid groups (broad SMARTS) is 1. The van der Waals surface area contributed by atoms with E-state index in [9.17, 15) is 14.4 Å². The lowest BCUT2D eigenvalue weighted by molar-refractivity contribution is -0.133. The Hall–Kier alpha value is -2.01. The molecule has 11 heteroatoms. The number of nitrogens with zero attached hydrogens (tertiary/aromatic N) is 4. The van der Waals surface area contributed by atoms with Gasteiger partial charge in [0.15, 0.2) is 5.13 Å². The molecule has 2 fully saturated rings. The minimum absolute atomic E-state index is 0.0140. The molecule has 9 nitrogen and oxygen atoms in total. The minimum Gasteiger partial charge on any atom is -0.481 e. The number of carbonyl (C=O) groups is 3. The lowest BCUT2D eigenvalue weighted by Crippen LogP contribution is -2.55. The Bertz CT molecular complexity index is 802. The number of thiazole rings is 1. The van der Waals surface area contributed by atoms with Crippen molar-refractivity contribution in [1.29, 1.82) is 0 Å². The highest BCUT2D eigenvalue weighted by molar-refractivity contribution is 8.01. The van der Waals surface area contributed by atoms with Gasteiger partial charge in [-0.05, 0) is 44.4 Å². The van der Waals surface area contributed by atoms with Crippen LogP contribution in [0, 0.1) is 5.92 Å². The number of carbonyl (C=O) groups excluding carboxylic acids is 2. The zero-order chi connectivity index (χ0) is 23.3. The summed E-state index contributed by atoms with van der Waals surface area (Å²) in [6.45, 7) is 3.54. The van der Waals surface area contributed by atoms with Crippen LogP contribution in [-0.4, -0.2) is 87.8 Å². The number of urea groups is 2. The zero-order valence-electron chi connectivity index (χ0n) is 19.0. The van der Waals surface area contributed by atoms with E-state index in [1.807, 2.05) is 9.80 Å². The molecule has 32 heavy (non-hydrogen) atoms. The van der Waals surface area contributed by atoms with E-state index in [1.54, 1.807) is 25.2 Å². The molecule has 2 aliphatic rings. The van der Waals surface area contributed by atoms with Gasteiger partial charge in [0, 0.05) is 39.3 Å². The minimum atomic E-state index is -0.884. The average Bonchev–Trinajstić information content (AvgIpc) is 3.21. The van der Waals surface area contributed by atoms with Gasteiger partial charge in [-0.1, -0.05) is 18.3 Å². The number of amides is 4. The molecule has 178 valence electrons. The summed E-state index contributed by atoms with van der Waals surface area (Å²) in [6, 6.07) is 0.139. The molecule has 2 heterocycles. The van der Waals surface area contributed by atoms with Crippen LogP contribution in [0.15, 0.2) is 10.4 Å². The number of hydrogen-bond donors (Lipinski definition) is 2. The monoisotopic (exact) mass is 483 g/mol. The first kappa shape index (κ1) is 24.6. The fraction of sp³-hybridized carbons (Fsp3) is 0.714. The number of rotatable bonds is 6. The quantitative estimate of drug-likeness (QED) is 0.595. The third-order valence-corrected chi connectivity index (χ3v) is 8.25. The molecule has 0 spiro atoms. The van der Waals surface area contributed by atoms with Crippen LogP contribution in [0.2, 0.25) is 0 Å². The smallest absolute Gasteiger partial charge is 0.324 e. The normalized spacial score (nSPS) is 21.8. The van der Waals surface area contributed by atoms with E-state index in [0.717, 1.165) is 42.7 Å². The van der Waals surface area contributed by atoms with Gasteiger partial charge in [-0.25, -0.2) is 14.6 Å². The van der Waals surface area contributed by atoms with Gasteiger partial charge in [-0.2, -0.15) is 0 Å². The molecule has 0 aromatic carbocycles. The third-order valence-electron chi connectivity index (χ3n) is 6.16. The van der Waals surface area contributed by atoms with Crippen molar-refractivity contribution < 1.29 is 19.5 Å². The van der Waals surface area contributed by atoms with Gasteiger partial charge < -0.3 is 19.8 Å². The van der Waals surface area contributed by atoms with Crippen LogP contribution in [-0.2, 0) is 4.79 Å². The van der Waals surface area contributed by atoms with Gasteiger partial charge in [-0.15, -0.1) is 11.8 Å². The fourth-order valence-corrected chi connectivity index (χ4v) is 6.02. The summed E-state index contributed by atoms with van der Waals surface area (Å²) in [5.74, 6) is -0.235. The second-order valence-corrected chi connectivity index (χ2v) is 11.1. The van der Waals surface area contributed by atoms with E-state index in [2.05, 4.69) is 17.2 Å². The Balaban J connectivity index is 1.67. The molecule has 1 aliphatic carbocycles. The van der Waals surface area contributed by atoms with Crippen molar-refractivity contribution in [2.75, 3.05) is 38.3 Å². The number of anilines is 1. The predicted octanol–water partition coefficient (Wildman–Crippen LogP) is 3.88. The molecule has 4 amide bonds. The van der Waals surface area contributed by atoms with Crippen LogP contribution in [0.25, 0.3) is 0 Å². The van der Waals surface area contributed by atoms with Crippen molar-refractivity contribution in [3.8, 4) is 0 Å². The van der Waals surface area contributed by atoms with E-state index in [0.29, 0.717) is 24.1 Å². The molecule has 1 saturated heterocycles. The second-order valence-electron chi connectivity index (χ2n) is 8.81. The van der Waals surface area contributed by atoms with Gasteiger partial charge in [-0.3, -0.25) is 10.1 Å². The van der Waals surface area contributed by atoms with Crippen LogP contribution >= 0.6 is 23.1 Å². The SMILES string of the molecule is CN(C)C(=O)N1CCC(N(C(=O)Nc2ncc(SCC(=O)O)s2)[C@H]2CC[C@H](C)CC2)CC1. The summed E-state index contributed by atoms with van der Waals surface area (Å²) in [5.41, 5.74) is 0. The highest BCUT2D eigenvalue weighted by Gasteiger charge is 2.36. The maximum atomic E-state index is 13.4. The summed E-state index contributed by atoms with van der Waals surface area (Å²) in [5, 5.41) is 12.3. The molecule has 2 N–H and O–H groups in total. The van der Waals surface area contributed by atoms with Gasteiger partial charge in [0.2, 0.25) is 0 Å². The topological polar surface area (TPSA) is 106 Å². The molecule has 1 saturated carbocycles. The first-order valence-corrected chi connectivity index (χ1v) is 12.9. The number of aromatic nitrogens is 1. The van der Waals surface area contributed by atoms with Crippen LogP contribution < -0.4 is 5.32 Å². The molecule has 1 aromatic heterocycles. The summed E-state index contributed by atoms with van der Waals surface area (Å²) < 4.78 is 0.760. The maximum absolute atomic E-state index is 13.4. The Labute approximate surface area is 197 Å². The van der Waals surface area contributed by atoms with E-state index in [-0.39, 0.29) is 29.9 Å². The summed E-state index contributed by atoms with van der Waals surface area (Å²) in [4.78, 5) is 46.2. The fourth-order valence-electron chi connectivity index (χ4n) is 4.44. The van der Waals surface area contributed by atoms with Crippen molar-refractivity contribution in [3.63, 3.8) is 0 Å². The molecule has 1 aliphatic heterocycles. The van der Waals surface area contributed by atoms with E-state index in [1.165, 1.54) is 23.1 Å². The van der Waals surface area contributed by atoms with Crippen molar-refractivity contribution in [1.82, 2.24) is 19.7 Å². The van der Waals surface area contributed by atoms with Crippen molar-refractivity contribution in [2.24, 2.45) is 5.92 Å². The van der Waals surface area contributed by atoms with Crippen LogP contribution in [0.5, 0.6) is 0 Å². The first-order chi connectivity index (χ1) is 15.2. The summed E-state index contributed by atoms with van der Waals surface area (Å²) in [6.07, 6.45) is 7.32. The number of thioether (sulfide) groups is 1. The number of aliphatic carboxylic acids is 1. The van der Waals surface area contributed by atoms with Gasteiger partial charge in [0.05, 0.1) is 16.2 Å². The molecule has 0 unspecified atom stereocenters. The lowest BCUT2D eigenvalue weighted by atomic mass is 9.85. The molecule has 0 radical (unpaired) electrons. The zero-order valence-corrected chi connectivity index (χ0v) is 20.6. The van der Waals surface area contributed by atoms with Gasteiger partial charge >= 0.3 is 18.0 Å². The van der Waals surface area contributed by atoms with Gasteiger partial charge in [0.25, 0.3) is 0 Å². The molecule has 1 aromatic rings. The van der Waals surface area contributed by atoms with Gasteiger partial charge in [0.1, 0.15) is 0 Å². The average molecular weight is 484 g/mol. The Morgan fingerprint density at radius 3 is 2.38 bits per heavy atom. The molecule has 3 rings (SSSR count). The maximum Gasteiger partial charge on any atom is 0.324 e. The summed E-state index contributed by atoms with van der Waals surface area (Å²) >= 11 is 2.49. The summed E-state index contributed by atoms with van der Waals surface area (Å²) in [7, 11) is 3.52. The standard InChI is InChI=1S/C21H33N5O4S2/c1-14-4-6-15(7-5-14)26(16-8-10-25(11-9-16)21(30)24(2)3)20(29)23-19-22-12-18(32-19)31-13-17(27)28/h12,14-16H,4-11,13H2,1-3H3,(H,27,28)(H,22,23,29)/t14-,15-. The van der Waals surface area contributed by atoms with Crippen molar-refractivity contribution >= 4 is 46.3 Å². The van der Waals surface area contributed by atoms with Crippen LogP contribution in [0.4, 0.5) is 14.7 Å². The van der Waals surface area contributed by atoms with E-state index >= 15 is 0 Å². The number of carboxylic acids is 1. The van der Waals surface area contributed by atoms with Crippen LogP contribution in [0.3, 0.4) is 0 Å². The Morgan fingerprint density at radius 2 is 1.78 bits per heavy atom. The second kappa shape index (κ2) is 11.2. The molecule has 0 bridgehead atoms. The highest BCUT2D eigenvalue weighted by atomic mass is 32.2.